The van der Waals surface area contributed by atoms with Crippen LogP contribution in [0.4, 0.5) is 0 Å². The van der Waals surface area contributed by atoms with E-state index in [2.05, 4.69) is 20.7 Å². The second-order valence-corrected chi connectivity index (χ2v) is 3.83. The van der Waals surface area contributed by atoms with Crippen LogP contribution in [-0.2, 0) is 16.0 Å². The van der Waals surface area contributed by atoms with E-state index < -0.39 is 5.97 Å². The van der Waals surface area contributed by atoms with Gasteiger partial charge in [0.1, 0.15) is 5.75 Å². The van der Waals surface area contributed by atoms with Crippen LogP contribution in [0.15, 0.2) is 16.6 Å². The number of nitriles is 1. The molecule has 0 aliphatic heterocycles. The van der Waals surface area contributed by atoms with Crippen molar-refractivity contribution in [2.24, 2.45) is 0 Å². The van der Waals surface area contributed by atoms with E-state index in [0.29, 0.717) is 21.3 Å². The zero-order chi connectivity index (χ0) is 12.1. The van der Waals surface area contributed by atoms with Crippen molar-refractivity contribution in [3.05, 3.63) is 27.7 Å². The zero-order valence-electron chi connectivity index (χ0n) is 8.91. The maximum atomic E-state index is 11.2. The first-order valence-electron chi connectivity index (χ1n) is 4.46. The molecule has 0 aromatic heterocycles. The minimum Gasteiger partial charge on any atom is -0.495 e. The molecule has 0 amide bonds. The summed E-state index contributed by atoms with van der Waals surface area (Å²) in [5.41, 5.74) is 0.941. The van der Waals surface area contributed by atoms with Gasteiger partial charge in [-0.3, -0.25) is 4.79 Å². The highest BCUT2D eigenvalue weighted by atomic mass is 79.9. The predicted molar refractivity (Wildman–Crippen MR) is 61.1 cm³/mol. The van der Waals surface area contributed by atoms with Crippen LogP contribution in [0.25, 0.3) is 0 Å². The molecule has 1 rings (SSSR count). The third kappa shape index (κ3) is 2.52. The van der Waals surface area contributed by atoms with Gasteiger partial charge >= 0.3 is 5.97 Å². The molecule has 0 heterocycles. The van der Waals surface area contributed by atoms with Gasteiger partial charge in [0, 0.05) is 5.56 Å². The van der Waals surface area contributed by atoms with Gasteiger partial charge in [-0.15, -0.1) is 0 Å². The number of carbonyl (C=O) groups is 1. The lowest BCUT2D eigenvalue weighted by molar-refractivity contribution is -0.139. The van der Waals surface area contributed by atoms with Crippen LogP contribution in [0.2, 0.25) is 0 Å². The molecule has 0 aliphatic rings. The number of rotatable bonds is 3. The Morgan fingerprint density at radius 2 is 2.19 bits per heavy atom. The highest BCUT2D eigenvalue weighted by molar-refractivity contribution is 9.10. The second-order valence-electron chi connectivity index (χ2n) is 2.97. The van der Waals surface area contributed by atoms with Crippen molar-refractivity contribution >= 4 is 21.9 Å². The van der Waals surface area contributed by atoms with Gasteiger partial charge in [-0.25, -0.2) is 0 Å². The molecule has 0 radical (unpaired) electrons. The molecule has 1 aromatic rings. The van der Waals surface area contributed by atoms with Gasteiger partial charge in [-0.1, -0.05) is 0 Å². The number of carbonyl (C=O) groups excluding carboxylic acids is 1. The fourth-order valence-electron chi connectivity index (χ4n) is 1.32. The standard InChI is InChI=1S/C11H10BrNO3/c1-15-10(14)5-8-7(6-13)3-4-9(12)11(8)16-2/h3-4H,5H2,1-2H3. The van der Waals surface area contributed by atoms with Crippen molar-refractivity contribution in [2.75, 3.05) is 14.2 Å². The summed E-state index contributed by atoms with van der Waals surface area (Å²) in [4.78, 5) is 11.2. The van der Waals surface area contributed by atoms with Crippen LogP contribution in [0.1, 0.15) is 11.1 Å². The van der Waals surface area contributed by atoms with E-state index >= 15 is 0 Å². The SMILES string of the molecule is COC(=O)Cc1c(C#N)ccc(Br)c1OC. The average molecular weight is 284 g/mol. The van der Waals surface area contributed by atoms with Crippen molar-refractivity contribution in [1.82, 2.24) is 0 Å². The van der Waals surface area contributed by atoms with Crippen LogP contribution < -0.4 is 4.74 Å². The van der Waals surface area contributed by atoms with Crippen molar-refractivity contribution in [3.63, 3.8) is 0 Å². The van der Waals surface area contributed by atoms with Crippen LogP contribution >= 0.6 is 15.9 Å². The van der Waals surface area contributed by atoms with Crippen molar-refractivity contribution in [3.8, 4) is 11.8 Å². The highest BCUT2D eigenvalue weighted by Crippen LogP contribution is 2.31. The van der Waals surface area contributed by atoms with E-state index in [-0.39, 0.29) is 6.42 Å². The maximum absolute atomic E-state index is 11.2. The number of nitrogens with zero attached hydrogens (tertiary/aromatic N) is 1. The monoisotopic (exact) mass is 283 g/mol. The molecule has 0 spiro atoms. The highest BCUT2D eigenvalue weighted by Gasteiger charge is 2.16. The van der Waals surface area contributed by atoms with Gasteiger partial charge in [0.25, 0.3) is 0 Å². The Bertz CT molecular complexity index is 451. The number of ether oxygens (including phenoxy) is 2. The van der Waals surface area contributed by atoms with E-state index in [1.165, 1.54) is 14.2 Å². The van der Waals surface area contributed by atoms with Gasteiger partial charge in [-0.05, 0) is 28.1 Å². The molecule has 0 fully saturated rings. The quantitative estimate of drug-likeness (QED) is 0.797. The fraction of sp³-hybridized carbons (Fsp3) is 0.273. The van der Waals surface area contributed by atoms with Gasteiger partial charge in [-0.2, -0.15) is 5.26 Å². The van der Waals surface area contributed by atoms with E-state index in [1.807, 2.05) is 6.07 Å². The molecule has 4 nitrogen and oxygen atoms in total. The van der Waals surface area contributed by atoms with Crippen molar-refractivity contribution in [2.45, 2.75) is 6.42 Å². The number of hydrogen-bond acceptors (Lipinski definition) is 4. The molecular weight excluding hydrogens is 274 g/mol. The number of benzene rings is 1. The first kappa shape index (κ1) is 12.5. The van der Waals surface area contributed by atoms with Crippen LogP contribution in [-0.4, -0.2) is 20.2 Å². The summed E-state index contributed by atoms with van der Waals surface area (Å²) in [6, 6.07) is 5.35. The Kier molecular flexibility index (Phi) is 4.32. The minimum atomic E-state index is -0.409. The van der Waals surface area contributed by atoms with E-state index in [4.69, 9.17) is 10.00 Å². The van der Waals surface area contributed by atoms with Crippen LogP contribution in [0.3, 0.4) is 0 Å². The smallest absolute Gasteiger partial charge is 0.310 e. The van der Waals surface area contributed by atoms with Crippen LogP contribution in [0.5, 0.6) is 5.75 Å². The number of methoxy groups -OCH3 is 2. The molecule has 16 heavy (non-hydrogen) atoms. The molecule has 0 N–H and O–H groups in total. The molecule has 0 saturated carbocycles. The van der Waals surface area contributed by atoms with Crippen molar-refractivity contribution in [1.29, 1.82) is 5.26 Å². The number of hydrogen-bond donors (Lipinski definition) is 0. The first-order valence-corrected chi connectivity index (χ1v) is 5.25. The fourth-order valence-corrected chi connectivity index (χ4v) is 1.85. The molecule has 0 aliphatic carbocycles. The summed E-state index contributed by atoms with van der Waals surface area (Å²) < 4.78 is 10.4. The molecular formula is C11H10BrNO3. The summed E-state index contributed by atoms with van der Waals surface area (Å²) in [6.45, 7) is 0. The summed E-state index contributed by atoms with van der Waals surface area (Å²) in [5, 5.41) is 8.94. The lowest BCUT2D eigenvalue weighted by atomic mass is 10.0. The normalized spacial score (nSPS) is 9.38. The summed E-state index contributed by atoms with van der Waals surface area (Å²) in [5.74, 6) is 0.0809. The minimum absolute atomic E-state index is 0.0159. The number of esters is 1. The summed E-state index contributed by atoms with van der Waals surface area (Å²) >= 11 is 3.30. The lowest BCUT2D eigenvalue weighted by Gasteiger charge is -2.11. The molecule has 0 bridgehead atoms. The van der Waals surface area contributed by atoms with Gasteiger partial charge in [0.05, 0.1) is 36.7 Å². The zero-order valence-corrected chi connectivity index (χ0v) is 10.5. The number of halogens is 1. The summed E-state index contributed by atoms with van der Waals surface area (Å²) in [6.07, 6.45) is 0.0159. The Hall–Kier alpha value is -1.54. The molecule has 0 saturated heterocycles. The maximum Gasteiger partial charge on any atom is 0.310 e. The van der Waals surface area contributed by atoms with Gasteiger partial charge in [0.2, 0.25) is 0 Å². The Morgan fingerprint density at radius 3 is 2.69 bits per heavy atom. The lowest BCUT2D eigenvalue weighted by Crippen LogP contribution is -2.08. The second kappa shape index (κ2) is 5.52. The van der Waals surface area contributed by atoms with E-state index in [9.17, 15) is 4.79 Å². The van der Waals surface area contributed by atoms with Crippen molar-refractivity contribution < 1.29 is 14.3 Å². The Morgan fingerprint density at radius 1 is 1.50 bits per heavy atom. The Balaban J connectivity index is 3.26. The topological polar surface area (TPSA) is 59.3 Å². The molecule has 0 atom stereocenters. The average Bonchev–Trinajstić information content (AvgIpc) is 2.29. The predicted octanol–water partition coefficient (Wildman–Crippen LogP) is 2.04. The molecule has 84 valence electrons. The molecule has 1 aromatic carbocycles. The summed E-state index contributed by atoms with van der Waals surface area (Å²) in [7, 11) is 2.79. The van der Waals surface area contributed by atoms with Gasteiger partial charge in [0.15, 0.2) is 0 Å². The first-order chi connectivity index (χ1) is 7.63. The third-order valence-electron chi connectivity index (χ3n) is 2.09. The van der Waals surface area contributed by atoms with Gasteiger partial charge < -0.3 is 9.47 Å². The third-order valence-corrected chi connectivity index (χ3v) is 2.71. The van der Waals surface area contributed by atoms with E-state index in [1.54, 1.807) is 12.1 Å². The Labute approximate surface area is 102 Å². The largest absolute Gasteiger partial charge is 0.495 e. The van der Waals surface area contributed by atoms with Crippen LogP contribution in [0, 0.1) is 11.3 Å². The van der Waals surface area contributed by atoms with E-state index in [0.717, 1.165) is 0 Å². The molecule has 0 unspecified atom stereocenters. The molecule has 5 heteroatoms.